The number of hydrogen-bond donors (Lipinski definition) is 2. The molecule has 0 aromatic heterocycles. The summed E-state index contributed by atoms with van der Waals surface area (Å²) in [6.45, 7) is 0.367. The molecule has 0 bridgehead atoms. The standard InChI is InChI=1S/C15H15ClFN3.HI/c16-13-7-4-8-14(17)12(13)9-10-19-15(18)20-11-5-2-1-3-6-11;/h1-8H,9-10H2,(H3,18,19,20);1H. The van der Waals surface area contributed by atoms with E-state index in [1.807, 2.05) is 30.3 Å². The molecular weight excluding hydrogens is 404 g/mol. The Morgan fingerprint density at radius 2 is 1.86 bits per heavy atom. The molecule has 112 valence electrons. The minimum absolute atomic E-state index is 0. The number of hydrogen-bond acceptors (Lipinski definition) is 1. The maximum Gasteiger partial charge on any atom is 0.193 e. The summed E-state index contributed by atoms with van der Waals surface area (Å²) in [4.78, 5) is 4.15. The van der Waals surface area contributed by atoms with Gasteiger partial charge in [0.2, 0.25) is 0 Å². The van der Waals surface area contributed by atoms with Crippen molar-refractivity contribution < 1.29 is 4.39 Å². The second-order valence-corrected chi connectivity index (χ2v) is 4.62. The van der Waals surface area contributed by atoms with Gasteiger partial charge in [-0.2, -0.15) is 0 Å². The summed E-state index contributed by atoms with van der Waals surface area (Å²) in [6.07, 6.45) is 0.405. The first-order valence-corrected chi connectivity index (χ1v) is 6.59. The Labute approximate surface area is 145 Å². The lowest BCUT2D eigenvalue weighted by Gasteiger charge is -2.06. The van der Waals surface area contributed by atoms with Crippen molar-refractivity contribution in [2.24, 2.45) is 10.7 Å². The Hall–Kier alpha value is -1.34. The second kappa shape index (κ2) is 8.84. The summed E-state index contributed by atoms with van der Waals surface area (Å²) in [5, 5.41) is 3.37. The molecule has 2 rings (SSSR count). The molecule has 0 aliphatic rings. The molecule has 0 aliphatic carbocycles. The molecule has 3 N–H and O–H groups in total. The maximum atomic E-state index is 13.5. The lowest BCUT2D eigenvalue weighted by atomic mass is 10.1. The second-order valence-electron chi connectivity index (χ2n) is 4.21. The van der Waals surface area contributed by atoms with Crippen molar-refractivity contribution in [3.63, 3.8) is 0 Å². The van der Waals surface area contributed by atoms with Crippen molar-refractivity contribution in [2.45, 2.75) is 6.42 Å². The van der Waals surface area contributed by atoms with Crippen LogP contribution in [0.25, 0.3) is 0 Å². The number of benzene rings is 2. The van der Waals surface area contributed by atoms with Crippen LogP contribution in [-0.2, 0) is 6.42 Å². The highest BCUT2D eigenvalue weighted by Crippen LogP contribution is 2.19. The zero-order valence-electron chi connectivity index (χ0n) is 11.2. The van der Waals surface area contributed by atoms with Gasteiger partial charge in [0.1, 0.15) is 5.82 Å². The number of nitrogens with one attached hydrogen (secondary N) is 1. The third kappa shape index (κ3) is 5.51. The van der Waals surface area contributed by atoms with E-state index in [1.165, 1.54) is 6.07 Å². The Morgan fingerprint density at radius 1 is 1.14 bits per heavy atom. The lowest BCUT2D eigenvalue weighted by Crippen LogP contribution is -2.23. The van der Waals surface area contributed by atoms with E-state index >= 15 is 0 Å². The van der Waals surface area contributed by atoms with E-state index in [1.54, 1.807) is 12.1 Å². The number of guanidine groups is 1. The van der Waals surface area contributed by atoms with E-state index in [-0.39, 0.29) is 29.8 Å². The van der Waals surface area contributed by atoms with Crippen molar-refractivity contribution in [1.82, 2.24) is 0 Å². The predicted octanol–water partition coefficient (Wildman–Crippen LogP) is 4.07. The maximum absolute atomic E-state index is 13.5. The van der Waals surface area contributed by atoms with Crippen LogP contribution in [0.3, 0.4) is 0 Å². The van der Waals surface area contributed by atoms with Gasteiger partial charge >= 0.3 is 0 Å². The average molecular weight is 420 g/mol. The average Bonchev–Trinajstić information content (AvgIpc) is 2.43. The molecule has 0 fully saturated rings. The van der Waals surface area contributed by atoms with Crippen LogP contribution in [0.1, 0.15) is 5.56 Å². The normalized spacial score (nSPS) is 10.9. The van der Waals surface area contributed by atoms with E-state index in [9.17, 15) is 4.39 Å². The number of nitrogens with two attached hydrogens (primary N) is 1. The molecule has 0 atom stereocenters. The molecule has 0 unspecified atom stereocenters. The van der Waals surface area contributed by atoms with Gasteiger partial charge in [-0.3, -0.25) is 4.99 Å². The van der Waals surface area contributed by atoms with Crippen LogP contribution in [-0.4, -0.2) is 12.5 Å². The van der Waals surface area contributed by atoms with Crippen LogP contribution >= 0.6 is 35.6 Å². The van der Waals surface area contributed by atoms with Gasteiger partial charge in [0, 0.05) is 22.8 Å². The number of nitrogens with zero attached hydrogens (tertiary/aromatic N) is 1. The molecule has 2 aromatic rings. The fourth-order valence-electron chi connectivity index (χ4n) is 1.77. The van der Waals surface area contributed by atoms with E-state index in [2.05, 4.69) is 10.3 Å². The molecule has 0 heterocycles. The van der Waals surface area contributed by atoms with Crippen LogP contribution in [0, 0.1) is 5.82 Å². The smallest absolute Gasteiger partial charge is 0.193 e. The number of anilines is 1. The highest BCUT2D eigenvalue weighted by molar-refractivity contribution is 14.0. The lowest BCUT2D eigenvalue weighted by molar-refractivity contribution is 0.610. The molecule has 0 amide bonds. The van der Waals surface area contributed by atoms with Crippen LogP contribution in [0.5, 0.6) is 0 Å². The van der Waals surface area contributed by atoms with E-state index in [0.29, 0.717) is 29.5 Å². The third-order valence-electron chi connectivity index (χ3n) is 2.75. The first-order valence-electron chi connectivity index (χ1n) is 6.21. The van der Waals surface area contributed by atoms with Gasteiger partial charge in [0.15, 0.2) is 5.96 Å². The summed E-state index contributed by atoms with van der Waals surface area (Å²) in [7, 11) is 0. The molecule has 21 heavy (non-hydrogen) atoms. The van der Waals surface area contributed by atoms with E-state index < -0.39 is 0 Å². The van der Waals surface area contributed by atoms with Crippen LogP contribution in [0.15, 0.2) is 53.5 Å². The van der Waals surface area contributed by atoms with Crippen molar-refractivity contribution in [3.05, 3.63) is 64.9 Å². The fraction of sp³-hybridized carbons (Fsp3) is 0.133. The predicted molar refractivity (Wildman–Crippen MR) is 97.1 cm³/mol. The molecule has 3 nitrogen and oxygen atoms in total. The number of para-hydroxylation sites is 1. The van der Waals surface area contributed by atoms with Crippen molar-refractivity contribution >= 4 is 47.2 Å². The zero-order chi connectivity index (χ0) is 14.4. The van der Waals surface area contributed by atoms with Gasteiger partial charge in [-0.15, -0.1) is 24.0 Å². The molecule has 0 aliphatic heterocycles. The zero-order valence-corrected chi connectivity index (χ0v) is 14.3. The summed E-state index contributed by atoms with van der Waals surface area (Å²) in [6, 6.07) is 14.1. The van der Waals surface area contributed by atoms with Gasteiger partial charge in [-0.25, -0.2) is 4.39 Å². The summed E-state index contributed by atoms with van der Waals surface area (Å²) in [5.74, 6) is -0.0223. The first-order chi connectivity index (χ1) is 9.66. The molecule has 0 spiro atoms. The van der Waals surface area contributed by atoms with Crippen LogP contribution in [0.2, 0.25) is 5.02 Å². The molecule has 6 heteroatoms. The third-order valence-corrected chi connectivity index (χ3v) is 3.11. The van der Waals surface area contributed by atoms with Crippen molar-refractivity contribution in [1.29, 1.82) is 0 Å². The number of halogens is 3. The van der Waals surface area contributed by atoms with Crippen molar-refractivity contribution in [3.8, 4) is 0 Å². The number of rotatable bonds is 4. The largest absolute Gasteiger partial charge is 0.370 e. The molecule has 0 saturated heterocycles. The SMILES string of the molecule is I.NC(=NCCc1c(F)cccc1Cl)Nc1ccccc1. The minimum atomic E-state index is -0.317. The van der Waals surface area contributed by atoms with Crippen LogP contribution in [0.4, 0.5) is 10.1 Å². The fourth-order valence-corrected chi connectivity index (χ4v) is 2.03. The Kier molecular flexibility index (Phi) is 7.45. The highest BCUT2D eigenvalue weighted by atomic mass is 127. The van der Waals surface area contributed by atoms with Crippen molar-refractivity contribution in [2.75, 3.05) is 11.9 Å². The minimum Gasteiger partial charge on any atom is -0.370 e. The highest BCUT2D eigenvalue weighted by Gasteiger charge is 2.05. The summed E-state index contributed by atoms with van der Waals surface area (Å²) < 4.78 is 13.5. The quantitative estimate of drug-likeness (QED) is 0.446. The Bertz CT molecular complexity index is 585. The molecule has 0 saturated carbocycles. The summed E-state index contributed by atoms with van der Waals surface area (Å²) >= 11 is 5.94. The monoisotopic (exact) mass is 419 g/mol. The molecular formula is C15H16ClFIN3. The van der Waals surface area contributed by atoms with E-state index in [4.69, 9.17) is 17.3 Å². The van der Waals surface area contributed by atoms with Gasteiger partial charge in [0.05, 0.1) is 0 Å². The first kappa shape index (κ1) is 17.7. The molecule has 0 radical (unpaired) electrons. The Balaban J connectivity index is 0.00000220. The Morgan fingerprint density at radius 3 is 2.52 bits per heavy atom. The van der Waals surface area contributed by atoms with Gasteiger partial charge in [-0.1, -0.05) is 35.9 Å². The van der Waals surface area contributed by atoms with Gasteiger partial charge in [-0.05, 0) is 30.7 Å². The van der Waals surface area contributed by atoms with E-state index in [0.717, 1.165) is 5.69 Å². The van der Waals surface area contributed by atoms with Gasteiger partial charge in [0.25, 0.3) is 0 Å². The number of aliphatic imine (C=N–C) groups is 1. The summed E-state index contributed by atoms with van der Waals surface area (Å²) in [5.41, 5.74) is 7.08. The molecule has 2 aromatic carbocycles. The van der Waals surface area contributed by atoms with Gasteiger partial charge < -0.3 is 11.1 Å². The topological polar surface area (TPSA) is 50.4 Å². The van der Waals surface area contributed by atoms with Crippen LogP contribution < -0.4 is 11.1 Å².